The van der Waals surface area contributed by atoms with E-state index in [1.165, 1.54) is 17.7 Å². The Bertz CT molecular complexity index is 1280. The quantitative estimate of drug-likeness (QED) is 0.218. The van der Waals surface area contributed by atoms with Crippen LogP contribution in [0.1, 0.15) is 49.3 Å². The number of aryl methyl sites for hydroxylation is 1. The number of nitrogens with one attached hydrogen (secondary N) is 2. The first-order valence-electron chi connectivity index (χ1n) is 10.4. The Morgan fingerprint density at radius 2 is 1.82 bits per heavy atom. The zero-order valence-electron chi connectivity index (χ0n) is 19.5. The minimum absolute atomic E-state index is 0.00515. The van der Waals surface area contributed by atoms with Gasteiger partial charge in [-0.05, 0) is 48.3 Å². The number of hydrazone groups is 1. The topological polar surface area (TPSA) is 112 Å². The van der Waals surface area contributed by atoms with Gasteiger partial charge < -0.3 is 15.5 Å². The molecule has 0 aliphatic rings. The summed E-state index contributed by atoms with van der Waals surface area (Å²) in [5.41, 5.74) is 6.58. The molecule has 3 aromatic rings. The second kappa shape index (κ2) is 9.82. The van der Waals surface area contributed by atoms with Crippen LogP contribution in [0.5, 0.6) is 5.75 Å². The van der Waals surface area contributed by atoms with Crippen molar-refractivity contribution in [3.05, 3.63) is 64.3 Å². The predicted octanol–water partition coefficient (Wildman–Crippen LogP) is 5.15. The molecule has 0 saturated heterocycles. The number of benzene rings is 2. The van der Waals surface area contributed by atoms with Gasteiger partial charge >= 0.3 is 5.97 Å². The average Bonchev–Trinajstić information content (AvgIpc) is 3.05. The first-order valence-corrected chi connectivity index (χ1v) is 11.2. The van der Waals surface area contributed by atoms with Crippen molar-refractivity contribution in [2.24, 2.45) is 12.1 Å². The van der Waals surface area contributed by atoms with E-state index < -0.39 is 5.97 Å². The third-order valence-corrected chi connectivity index (χ3v) is 5.68. The van der Waals surface area contributed by atoms with Crippen LogP contribution in [0.15, 0.2) is 47.6 Å². The molecule has 0 spiro atoms. The maximum atomic E-state index is 11.1. The van der Waals surface area contributed by atoms with Crippen molar-refractivity contribution in [2.75, 3.05) is 5.32 Å². The summed E-state index contributed by atoms with van der Waals surface area (Å²) < 4.78 is 1.61. The molecule has 2 aromatic carbocycles. The van der Waals surface area contributed by atoms with E-state index in [2.05, 4.69) is 41.7 Å². The number of carbonyl (C=O) groups is 1. The summed E-state index contributed by atoms with van der Waals surface area (Å²) in [4.78, 5) is 11.1. The van der Waals surface area contributed by atoms with Crippen LogP contribution >= 0.6 is 23.8 Å². The van der Waals surface area contributed by atoms with Crippen LogP contribution in [0.2, 0.25) is 5.02 Å². The number of nitrogens with zero attached hydrogens (tertiary/aromatic N) is 3. The molecule has 3 rings (SSSR count). The van der Waals surface area contributed by atoms with E-state index >= 15 is 0 Å². The van der Waals surface area contributed by atoms with Crippen LogP contribution in [-0.4, -0.2) is 36.8 Å². The fourth-order valence-corrected chi connectivity index (χ4v) is 3.75. The molecule has 1 heterocycles. The maximum absolute atomic E-state index is 11.1. The van der Waals surface area contributed by atoms with Crippen LogP contribution < -0.4 is 10.7 Å². The Morgan fingerprint density at radius 1 is 1.18 bits per heavy atom. The van der Waals surface area contributed by atoms with E-state index in [1.54, 1.807) is 24.7 Å². The highest BCUT2D eigenvalue weighted by Gasteiger charge is 2.20. The lowest BCUT2D eigenvalue weighted by atomic mass is 9.86. The molecule has 34 heavy (non-hydrogen) atoms. The molecular weight excluding hydrogens is 474 g/mol. The number of carboxylic acids is 1. The molecule has 178 valence electrons. The minimum atomic E-state index is -1.11. The Balaban J connectivity index is 1.75. The first kappa shape index (κ1) is 25.2. The fraction of sp³-hybridized carbons (Fsp3) is 0.250. The molecule has 0 fully saturated rings. The van der Waals surface area contributed by atoms with Crippen LogP contribution in [0.25, 0.3) is 11.3 Å². The number of rotatable bonds is 5. The molecule has 0 atom stereocenters. The van der Waals surface area contributed by atoms with Crippen LogP contribution in [0, 0.1) is 0 Å². The monoisotopic (exact) mass is 499 g/mol. The van der Waals surface area contributed by atoms with Gasteiger partial charge in [0, 0.05) is 18.3 Å². The Morgan fingerprint density at radius 3 is 2.38 bits per heavy atom. The van der Waals surface area contributed by atoms with Crippen LogP contribution in [0.3, 0.4) is 0 Å². The van der Waals surface area contributed by atoms with E-state index in [-0.39, 0.29) is 26.9 Å². The Hall–Kier alpha value is -3.43. The summed E-state index contributed by atoms with van der Waals surface area (Å²) in [5.74, 6) is -1.10. The van der Waals surface area contributed by atoms with Gasteiger partial charge in [0.15, 0.2) is 16.6 Å². The number of aromatic carboxylic acids is 1. The summed E-state index contributed by atoms with van der Waals surface area (Å²) >= 11 is 11.2. The molecule has 4 N–H and O–H groups in total. The molecule has 8 nitrogen and oxygen atoms in total. The summed E-state index contributed by atoms with van der Waals surface area (Å²) in [6, 6.07) is 12.4. The maximum Gasteiger partial charge on any atom is 0.337 e. The molecule has 0 saturated carbocycles. The second-order valence-electron chi connectivity index (χ2n) is 8.76. The third-order valence-electron chi connectivity index (χ3n) is 5.17. The molecule has 0 radical (unpaired) electrons. The largest absolute Gasteiger partial charge is 0.504 e. The molecule has 0 amide bonds. The number of aromatic nitrogens is 2. The van der Waals surface area contributed by atoms with Gasteiger partial charge in [-0.2, -0.15) is 10.2 Å². The van der Waals surface area contributed by atoms with Gasteiger partial charge in [-0.15, -0.1) is 0 Å². The highest BCUT2D eigenvalue weighted by atomic mass is 35.5. The molecule has 1 aromatic heterocycles. The molecule has 0 bridgehead atoms. The van der Waals surface area contributed by atoms with Gasteiger partial charge in [-0.1, -0.05) is 56.6 Å². The van der Waals surface area contributed by atoms with Crippen molar-refractivity contribution in [1.29, 1.82) is 0 Å². The van der Waals surface area contributed by atoms with Crippen molar-refractivity contribution in [3.8, 4) is 17.0 Å². The fourth-order valence-electron chi connectivity index (χ4n) is 3.32. The van der Waals surface area contributed by atoms with Gasteiger partial charge in [0.1, 0.15) is 5.69 Å². The molecule has 0 unspecified atom stereocenters. The van der Waals surface area contributed by atoms with Gasteiger partial charge in [0.2, 0.25) is 0 Å². The van der Waals surface area contributed by atoms with Crippen LogP contribution in [-0.2, 0) is 12.5 Å². The number of anilines is 1. The number of carboxylic acid groups (broad SMARTS) is 1. The highest BCUT2D eigenvalue weighted by Crippen LogP contribution is 2.33. The lowest BCUT2D eigenvalue weighted by molar-refractivity contribution is 0.0697. The predicted molar refractivity (Wildman–Crippen MR) is 139 cm³/mol. The van der Waals surface area contributed by atoms with Crippen molar-refractivity contribution in [3.63, 3.8) is 0 Å². The second-order valence-corrected chi connectivity index (χ2v) is 9.58. The smallest absolute Gasteiger partial charge is 0.337 e. The van der Waals surface area contributed by atoms with E-state index in [4.69, 9.17) is 28.9 Å². The highest BCUT2D eigenvalue weighted by molar-refractivity contribution is 7.80. The summed E-state index contributed by atoms with van der Waals surface area (Å²) in [6.07, 6.45) is 0. The van der Waals surface area contributed by atoms with Crippen LogP contribution in [0.4, 0.5) is 5.69 Å². The summed E-state index contributed by atoms with van der Waals surface area (Å²) in [6.45, 7) is 8.14. The minimum Gasteiger partial charge on any atom is -0.504 e. The van der Waals surface area contributed by atoms with E-state index in [1.807, 2.05) is 24.3 Å². The third kappa shape index (κ3) is 5.55. The number of aromatic hydroxyl groups is 1. The van der Waals surface area contributed by atoms with Gasteiger partial charge in [0.25, 0.3) is 0 Å². The Kier molecular flexibility index (Phi) is 7.28. The summed E-state index contributed by atoms with van der Waals surface area (Å²) in [7, 11) is 1.76. The van der Waals surface area contributed by atoms with Gasteiger partial charge in [-0.25, -0.2) is 4.79 Å². The summed E-state index contributed by atoms with van der Waals surface area (Å²) in [5, 5.41) is 31.7. The lowest BCUT2D eigenvalue weighted by Crippen LogP contribution is -2.25. The van der Waals surface area contributed by atoms with Crippen molar-refractivity contribution in [1.82, 2.24) is 15.2 Å². The zero-order valence-corrected chi connectivity index (χ0v) is 21.0. The Labute approximate surface area is 208 Å². The number of hydrogen-bond acceptors (Lipinski definition) is 5. The van der Waals surface area contributed by atoms with Crippen molar-refractivity contribution < 1.29 is 15.0 Å². The van der Waals surface area contributed by atoms with Gasteiger partial charge in [-0.3, -0.25) is 10.1 Å². The number of halogens is 1. The lowest BCUT2D eigenvalue weighted by Gasteiger charge is -2.19. The average molecular weight is 500 g/mol. The van der Waals surface area contributed by atoms with Crippen molar-refractivity contribution >= 4 is 46.3 Å². The van der Waals surface area contributed by atoms with Gasteiger partial charge in [0.05, 0.1) is 16.3 Å². The molecule has 0 aliphatic carbocycles. The molecular formula is C24H26ClN5O3S. The van der Waals surface area contributed by atoms with E-state index in [0.29, 0.717) is 22.8 Å². The standard InChI is InChI=1S/C24H26ClN5O3S/c1-13(27-28-23(34)26-16-10-11-17(22(32)33)18(25)12-16)19-21(31)20(30(5)29-19)14-6-8-15(9-7-14)24(2,3)4/h6-12,31H,1-5H3,(H,32,33)(H2,26,28,34). The normalized spacial score (nSPS) is 11.9. The van der Waals surface area contributed by atoms with E-state index in [0.717, 1.165) is 5.56 Å². The SMILES string of the molecule is CC(=NNC(=S)Nc1ccc(C(=O)O)c(Cl)c1)c1nn(C)c(-c2ccc(C(C)(C)C)cc2)c1O. The molecule has 10 heteroatoms. The molecule has 0 aliphatic heterocycles. The number of hydrogen-bond donors (Lipinski definition) is 4. The van der Waals surface area contributed by atoms with E-state index in [9.17, 15) is 9.90 Å². The zero-order chi connectivity index (χ0) is 25.2. The number of thiocarbonyl (C=S) groups is 1. The van der Waals surface area contributed by atoms with Crippen molar-refractivity contribution in [2.45, 2.75) is 33.1 Å². The first-order chi connectivity index (χ1) is 15.9.